The van der Waals surface area contributed by atoms with Crippen molar-refractivity contribution in [2.75, 3.05) is 0 Å². The van der Waals surface area contributed by atoms with Crippen LogP contribution in [-0.4, -0.2) is 10.5 Å². The highest BCUT2D eigenvalue weighted by molar-refractivity contribution is 8.01. The Morgan fingerprint density at radius 1 is 1.31 bits per heavy atom. The smallest absolute Gasteiger partial charge is 0.153 e. The second kappa shape index (κ2) is 3.49. The molecule has 3 atom stereocenters. The third kappa shape index (κ3) is 1.29. The Hall–Kier alpha value is -1.02. The summed E-state index contributed by atoms with van der Waals surface area (Å²) in [6, 6.07) is 10.2. The van der Waals surface area contributed by atoms with Crippen LogP contribution in [0.5, 0.6) is 0 Å². The fourth-order valence-corrected chi connectivity index (χ4v) is 4.19. The highest BCUT2D eigenvalue weighted by Gasteiger charge is 2.59. The number of thioether (sulfide) groups is 1. The molecule has 0 amide bonds. The van der Waals surface area contributed by atoms with Crippen LogP contribution >= 0.6 is 11.8 Å². The third-order valence-corrected chi connectivity index (χ3v) is 5.11. The zero-order chi connectivity index (χ0) is 11.2. The Bertz CT molecular complexity index is 451. The third-order valence-electron chi connectivity index (χ3n) is 3.70. The van der Waals surface area contributed by atoms with Crippen molar-refractivity contribution < 1.29 is 4.79 Å². The van der Waals surface area contributed by atoms with Gasteiger partial charge in [0.05, 0.1) is 4.75 Å². The SMILES string of the molecule is C[C@@]1(Sc2ccccc2)C(=O)[C@H]2CC=C[C@H]21. The van der Waals surface area contributed by atoms with Gasteiger partial charge in [0, 0.05) is 16.7 Å². The van der Waals surface area contributed by atoms with Crippen LogP contribution in [0.25, 0.3) is 0 Å². The lowest BCUT2D eigenvalue weighted by molar-refractivity contribution is -0.135. The molecular formula is C14H14OS. The molecule has 0 saturated heterocycles. The molecule has 0 N–H and O–H groups in total. The fraction of sp³-hybridized carbons (Fsp3) is 0.357. The molecule has 2 aliphatic carbocycles. The summed E-state index contributed by atoms with van der Waals surface area (Å²) >= 11 is 1.72. The summed E-state index contributed by atoms with van der Waals surface area (Å²) in [5.74, 6) is 1.16. The molecule has 1 nitrogen and oxygen atoms in total. The predicted molar refractivity (Wildman–Crippen MR) is 66.4 cm³/mol. The van der Waals surface area contributed by atoms with Gasteiger partial charge in [-0.15, -0.1) is 11.8 Å². The van der Waals surface area contributed by atoms with Crippen molar-refractivity contribution in [3.05, 3.63) is 42.5 Å². The van der Waals surface area contributed by atoms with Crippen LogP contribution in [0, 0.1) is 11.8 Å². The molecule has 0 spiro atoms. The lowest BCUT2D eigenvalue weighted by atomic mass is 9.65. The van der Waals surface area contributed by atoms with Crippen LogP contribution in [0.4, 0.5) is 0 Å². The van der Waals surface area contributed by atoms with E-state index in [1.54, 1.807) is 11.8 Å². The Kier molecular flexibility index (Phi) is 2.21. The van der Waals surface area contributed by atoms with Crippen LogP contribution in [0.1, 0.15) is 13.3 Å². The van der Waals surface area contributed by atoms with E-state index in [2.05, 4.69) is 31.2 Å². The Labute approximate surface area is 99.9 Å². The van der Waals surface area contributed by atoms with Gasteiger partial charge in [0.2, 0.25) is 0 Å². The molecular weight excluding hydrogens is 216 g/mol. The van der Waals surface area contributed by atoms with E-state index in [-0.39, 0.29) is 10.7 Å². The molecule has 1 aromatic rings. The zero-order valence-corrected chi connectivity index (χ0v) is 10.0. The van der Waals surface area contributed by atoms with Gasteiger partial charge >= 0.3 is 0 Å². The van der Waals surface area contributed by atoms with Gasteiger partial charge in [0.25, 0.3) is 0 Å². The maximum Gasteiger partial charge on any atom is 0.153 e. The molecule has 3 rings (SSSR count). The number of benzene rings is 1. The molecule has 2 aliphatic rings. The van der Waals surface area contributed by atoms with Crippen molar-refractivity contribution in [3.63, 3.8) is 0 Å². The number of carbonyl (C=O) groups is 1. The Balaban J connectivity index is 1.85. The highest BCUT2D eigenvalue weighted by atomic mass is 32.2. The van der Waals surface area contributed by atoms with Gasteiger partial charge in [-0.05, 0) is 25.5 Å². The summed E-state index contributed by atoms with van der Waals surface area (Å²) in [6.07, 6.45) is 5.33. The van der Waals surface area contributed by atoms with Crippen molar-refractivity contribution in [2.24, 2.45) is 11.8 Å². The van der Waals surface area contributed by atoms with Crippen LogP contribution in [0.3, 0.4) is 0 Å². The minimum absolute atomic E-state index is 0.223. The van der Waals surface area contributed by atoms with E-state index in [1.807, 2.05) is 18.2 Å². The second-order valence-electron chi connectivity index (χ2n) is 4.68. The first kappa shape index (κ1) is 10.2. The average molecular weight is 230 g/mol. The topological polar surface area (TPSA) is 17.1 Å². The average Bonchev–Trinajstić information content (AvgIpc) is 2.76. The minimum Gasteiger partial charge on any atom is -0.298 e. The molecule has 1 saturated carbocycles. The number of hydrogen-bond acceptors (Lipinski definition) is 2. The highest BCUT2D eigenvalue weighted by Crippen LogP contribution is 2.56. The van der Waals surface area contributed by atoms with E-state index in [0.717, 1.165) is 6.42 Å². The summed E-state index contributed by atoms with van der Waals surface area (Å²) in [4.78, 5) is 13.3. The first-order valence-electron chi connectivity index (χ1n) is 5.67. The predicted octanol–water partition coefficient (Wildman–Crippen LogP) is 3.31. The van der Waals surface area contributed by atoms with E-state index < -0.39 is 0 Å². The number of carbonyl (C=O) groups excluding carboxylic acids is 1. The molecule has 0 heterocycles. The fourth-order valence-electron chi connectivity index (χ4n) is 2.78. The van der Waals surface area contributed by atoms with Crippen LogP contribution in [0.2, 0.25) is 0 Å². The summed E-state index contributed by atoms with van der Waals surface area (Å²) in [7, 11) is 0. The van der Waals surface area contributed by atoms with Crippen LogP contribution < -0.4 is 0 Å². The molecule has 0 radical (unpaired) electrons. The van der Waals surface area contributed by atoms with Crippen molar-refractivity contribution in [1.29, 1.82) is 0 Å². The molecule has 0 aliphatic heterocycles. The normalized spacial score (nSPS) is 35.9. The first-order chi connectivity index (χ1) is 7.72. The molecule has 0 unspecified atom stereocenters. The van der Waals surface area contributed by atoms with Gasteiger partial charge in [-0.3, -0.25) is 4.79 Å². The summed E-state index contributed by atoms with van der Waals surface area (Å²) in [5, 5.41) is 0. The van der Waals surface area contributed by atoms with Gasteiger partial charge in [-0.1, -0.05) is 30.4 Å². The largest absolute Gasteiger partial charge is 0.298 e. The second-order valence-corrected chi connectivity index (χ2v) is 6.21. The van der Waals surface area contributed by atoms with E-state index >= 15 is 0 Å². The van der Waals surface area contributed by atoms with E-state index in [9.17, 15) is 4.79 Å². The van der Waals surface area contributed by atoms with Gasteiger partial charge in [-0.2, -0.15) is 0 Å². The number of hydrogen-bond donors (Lipinski definition) is 0. The van der Waals surface area contributed by atoms with Crippen LogP contribution in [-0.2, 0) is 4.79 Å². The number of Topliss-reactive ketones (excluding diaryl/α,β-unsaturated/α-hetero) is 1. The maximum absolute atomic E-state index is 12.1. The molecule has 0 bridgehead atoms. The van der Waals surface area contributed by atoms with Crippen LogP contribution in [0.15, 0.2) is 47.4 Å². The maximum atomic E-state index is 12.1. The Morgan fingerprint density at radius 3 is 2.81 bits per heavy atom. The number of rotatable bonds is 2. The zero-order valence-electron chi connectivity index (χ0n) is 9.22. The lowest BCUT2D eigenvalue weighted by Gasteiger charge is -2.47. The number of allylic oxidation sites excluding steroid dienone is 2. The number of ketones is 1. The van der Waals surface area contributed by atoms with Gasteiger partial charge < -0.3 is 0 Å². The molecule has 1 aromatic carbocycles. The van der Waals surface area contributed by atoms with Crippen molar-refractivity contribution in [1.82, 2.24) is 0 Å². The van der Waals surface area contributed by atoms with E-state index in [1.165, 1.54) is 4.90 Å². The van der Waals surface area contributed by atoms with E-state index in [4.69, 9.17) is 0 Å². The molecule has 82 valence electrons. The molecule has 1 fully saturated rings. The molecule has 0 aromatic heterocycles. The first-order valence-corrected chi connectivity index (χ1v) is 6.48. The van der Waals surface area contributed by atoms with Crippen molar-refractivity contribution in [3.8, 4) is 0 Å². The minimum atomic E-state index is -0.223. The number of fused-ring (bicyclic) bond motifs is 1. The Morgan fingerprint density at radius 2 is 2.06 bits per heavy atom. The van der Waals surface area contributed by atoms with Gasteiger partial charge in [0.1, 0.15) is 0 Å². The van der Waals surface area contributed by atoms with Gasteiger partial charge in [0.15, 0.2) is 5.78 Å². The summed E-state index contributed by atoms with van der Waals surface area (Å²) < 4.78 is -0.223. The summed E-state index contributed by atoms with van der Waals surface area (Å²) in [6.45, 7) is 2.09. The summed E-state index contributed by atoms with van der Waals surface area (Å²) in [5.41, 5.74) is 0. The standard InChI is InChI=1S/C14H14OS/c1-14(16-10-6-3-2-4-7-10)12-9-5-8-11(12)13(14)15/h2-7,9,11-12H,8H2,1H3/t11-,12+,14-/m0/s1. The van der Waals surface area contributed by atoms with Gasteiger partial charge in [-0.25, -0.2) is 0 Å². The lowest BCUT2D eigenvalue weighted by Crippen LogP contribution is -2.56. The molecule has 16 heavy (non-hydrogen) atoms. The molecule has 2 heteroatoms. The monoisotopic (exact) mass is 230 g/mol. The van der Waals surface area contributed by atoms with E-state index in [0.29, 0.717) is 11.7 Å². The quantitative estimate of drug-likeness (QED) is 0.725. The van der Waals surface area contributed by atoms with Crippen molar-refractivity contribution >= 4 is 17.5 Å². The van der Waals surface area contributed by atoms with Crippen molar-refractivity contribution in [2.45, 2.75) is 23.0 Å².